The van der Waals surface area contributed by atoms with Crippen LogP contribution in [0.2, 0.25) is 0 Å². The largest absolute Gasteiger partial charge is 0.449 e. The van der Waals surface area contributed by atoms with Gasteiger partial charge < -0.3 is 44.5 Å². The van der Waals surface area contributed by atoms with Crippen molar-refractivity contribution in [2.75, 3.05) is 78.3 Å². The van der Waals surface area contributed by atoms with Crippen molar-refractivity contribution >= 4 is 21.8 Å². The maximum Gasteiger partial charge on any atom is 0.407 e. The number of hydrogen-bond acceptors (Lipinski definition) is 12. The van der Waals surface area contributed by atoms with E-state index < -0.39 is 39.4 Å². The first-order chi connectivity index (χ1) is 21.0. The summed E-state index contributed by atoms with van der Waals surface area (Å²) in [7, 11) is -3.82. The van der Waals surface area contributed by atoms with E-state index in [2.05, 4.69) is 20.7 Å². The van der Waals surface area contributed by atoms with Gasteiger partial charge in [-0.05, 0) is 17.7 Å². The molecule has 2 amide bonds. The topological polar surface area (TPSA) is 228 Å². The average Bonchev–Trinajstić information content (AvgIpc) is 2.98. The van der Waals surface area contributed by atoms with E-state index in [0.29, 0.717) is 39.6 Å². The summed E-state index contributed by atoms with van der Waals surface area (Å²) in [6.07, 6.45) is -2.72. The molecule has 0 aliphatic heterocycles. The van der Waals surface area contributed by atoms with Gasteiger partial charge in [-0.3, -0.25) is 4.79 Å². The molecule has 0 bridgehead atoms. The molecule has 4 N–H and O–H groups in total. The molecule has 16 nitrogen and oxygen atoms in total. The van der Waals surface area contributed by atoms with Crippen LogP contribution in [0.3, 0.4) is 0 Å². The van der Waals surface area contributed by atoms with Crippen LogP contribution in [-0.4, -0.2) is 121 Å². The number of carbonyl (C=O) groups is 2. The first-order valence-corrected chi connectivity index (χ1v) is 15.8. The molecule has 0 heterocycles. The van der Waals surface area contributed by atoms with Crippen LogP contribution in [0, 0.1) is 5.41 Å². The van der Waals surface area contributed by atoms with E-state index in [1.807, 2.05) is 0 Å². The molecule has 0 saturated carbocycles. The van der Waals surface area contributed by atoms with Crippen LogP contribution in [-0.2, 0) is 38.3 Å². The molecule has 250 valence electrons. The highest BCUT2D eigenvalue weighted by molar-refractivity contribution is 7.91. The zero-order valence-electron chi connectivity index (χ0n) is 25.3. The number of aliphatic hydroxyl groups is 2. The average molecular weight is 648 g/mol. The summed E-state index contributed by atoms with van der Waals surface area (Å²) in [4.78, 5) is 27.5. The molecule has 17 heteroatoms. The molecular formula is C27H45N5O11S. The van der Waals surface area contributed by atoms with Crippen LogP contribution in [0.15, 0.2) is 40.3 Å². The standard InChI is InChI=1S/C27H45N5O11S/c1-27(2,21-29-24(33)8-11-39-14-16-41-18-19-42-17-15-40-13-10-30-32-28)23(31-26(36)43-12-9-25(34)35)20-44(37,38)22-6-4-3-5-7-22/h3-7,23,25,34-35H,8-21H2,1-2H3,(H,29,33)(H,31,36). The van der Waals surface area contributed by atoms with Crippen molar-refractivity contribution in [1.82, 2.24) is 10.6 Å². The van der Waals surface area contributed by atoms with Gasteiger partial charge in [-0.1, -0.05) is 37.2 Å². The number of azide groups is 1. The quantitative estimate of drug-likeness (QED) is 0.0387. The molecule has 0 fully saturated rings. The Labute approximate surface area is 257 Å². The van der Waals surface area contributed by atoms with E-state index in [4.69, 9.17) is 39.4 Å². The number of nitrogens with zero attached hydrogens (tertiary/aromatic N) is 3. The van der Waals surface area contributed by atoms with Gasteiger partial charge in [0.25, 0.3) is 0 Å². The highest BCUT2D eigenvalue weighted by Crippen LogP contribution is 2.24. The molecule has 1 unspecified atom stereocenters. The van der Waals surface area contributed by atoms with Crippen LogP contribution in [0.1, 0.15) is 26.7 Å². The molecule has 0 aliphatic rings. The highest BCUT2D eigenvalue weighted by Gasteiger charge is 2.36. The molecule has 44 heavy (non-hydrogen) atoms. The molecule has 1 aromatic carbocycles. The van der Waals surface area contributed by atoms with E-state index in [1.54, 1.807) is 32.0 Å². The van der Waals surface area contributed by atoms with Crippen molar-refractivity contribution in [2.24, 2.45) is 10.5 Å². The fraction of sp³-hybridized carbons (Fsp3) is 0.704. The zero-order chi connectivity index (χ0) is 32.7. The van der Waals surface area contributed by atoms with E-state index in [0.717, 1.165) is 0 Å². The number of alkyl carbamates (subject to hydrolysis) is 1. The summed E-state index contributed by atoms with van der Waals surface area (Å²) in [5.74, 6) is -0.781. The van der Waals surface area contributed by atoms with E-state index in [1.165, 1.54) is 12.1 Å². The molecule has 0 spiro atoms. The molecule has 0 aromatic heterocycles. The van der Waals surface area contributed by atoms with Crippen molar-refractivity contribution < 1.29 is 51.9 Å². The van der Waals surface area contributed by atoms with E-state index in [9.17, 15) is 18.0 Å². The Hall–Kier alpha value is -3.02. The molecule has 0 saturated heterocycles. The molecule has 1 rings (SSSR count). The predicted octanol–water partition coefficient (Wildman–Crippen LogP) is 1.17. The summed E-state index contributed by atoms with van der Waals surface area (Å²) >= 11 is 0. The second kappa shape index (κ2) is 22.5. The number of amides is 2. The first kappa shape index (κ1) is 39.0. The highest BCUT2D eigenvalue weighted by atomic mass is 32.2. The molecule has 1 atom stereocenters. The lowest BCUT2D eigenvalue weighted by Crippen LogP contribution is -2.53. The number of sulfone groups is 1. The zero-order valence-corrected chi connectivity index (χ0v) is 26.1. The summed E-state index contributed by atoms with van der Waals surface area (Å²) in [6, 6.07) is 6.82. The summed E-state index contributed by atoms with van der Waals surface area (Å²) in [5.41, 5.74) is 7.22. The Morgan fingerprint density at radius 1 is 0.932 bits per heavy atom. The molecule has 1 aromatic rings. The van der Waals surface area contributed by atoms with Gasteiger partial charge in [-0.25, -0.2) is 13.2 Å². The first-order valence-electron chi connectivity index (χ1n) is 14.1. The Balaban J connectivity index is 2.41. The fourth-order valence-corrected chi connectivity index (χ4v) is 5.20. The van der Waals surface area contributed by atoms with Crippen LogP contribution in [0.25, 0.3) is 10.4 Å². The summed E-state index contributed by atoms with van der Waals surface area (Å²) in [6.45, 7) is 6.03. The third-order valence-corrected chi connectivity index (χ3v) is 7.83. The number of carbonyl (C=O) groups excluding carboxylic acids is 2. The second-order valence-corrected chi connectivity index (χ2v) is 12.2. The normalized spacial score (nSPS) is 12.4. The summed E-state index contributed by atoms with van der Waals surface area (Å²) < 4.78 is 52.5. The van der Waals surface area contributed by atoms with Gasteiger partial charge >= 0.3 is 6.09 Å². The van der Waals surface area contributed by atoms with E-state index >= 15 is 0 Å². The van der Waals surface area contributed by atoms with Gasteiger partial charge in [0.05, 0.1) is 76.2 Å². The minimum atomic E-state index is -3.82. The van der Waals surface area contributed by atoms with Gasteiger partial charge in [-0.2, -0.15) is 0 Å². The minimum absolute atomic E-state index is 0.0401. The van der Waals surface area contributed by atoms with Crippen LogP contribution < -0.4 is 10.6 Å². The van der Waals surface area contributed by atoms with Gasteiger partial charge in [0.15, 0.2) is 16.1 Å². The monoisotopic (exact) mass is 647 g/mol. The number of aliphatic hydroxyl groups excluding tert-OH is 1. The number of rotatable bonds is 25. The number of nitrogens with one attached hydrogen (secondary N) is 2. The number of ether oxygens (including phenoxy) is 5. The van der Waals surface area contributed by atoms with Gasteiger partial charge in [0.1, 0.15) is 0 Å². The number of hydrogen-bond donors (Lipinski definition) is 4. The third-order valence-electron chi connectivity index (χ3n) is 6.06. The van der Waals surface area contributed by atoms with Crippen LogP contribution in [0.4, 0.5) is 4.79 Å². The summed E-state index contributed by atoms with van der Waals surface area (Å²) in [5, 5.41) is 26.6. The van der Waals surface area contributed by atoms with Crippen molar-refractivity contribution in [1.29, 1.82) is 0 Å². The molecular weight excluding hydrogens is 602 g/mol. The minimum Gasteiger partial charge on any atom is -0.449 e. The second-order valence-electron chi connectivity index (χ2n) is 10.1. The van der Waals surface area contributed by atoms with Crippen molar-refractivity contribution in [3.8, 4) is 0 Å². The number of benzene rings is 1. The molecule has 0 aliphatic carbocycles. The predicted molar refractivity (Wildman–Crippen MR) is 158 cm³/mol. The lowest BCUT2D eigenvalue weighted by atomic mass is 9.85. The fourth-order valence-electron chi connectivity index (χ4n) is 3.46. The van der Waals surface area contributed by atoms with Crippen LogP contribution >= 0.6 is 0 Å². The smallest absolute Gasteiger partial charge is 0.407 e. The van der Waals surface area contributed by atoms with Crippen molar-refractivity contribution in [3.05, 3.63) is 40.8 Å². The third kappa shape index (κ3) is 18.6. The Morgan fingerprint density at radius 2 is 1.50 bits per heavy atom. The van der Waals surface area contributed by atoms with Gasteiger partial charge in [-0.15, -0.1) is 0 Å². The SMILES string of the molecule is CC(C)(CNC(=O)CCOCCOCCOCCOCCN=[N+]=[N-])C(CS(=O)(=O)c1ccccc1)NC(=O)OCCC(O)O. The van der Waals surface area contributed by atoms with Gasteiger partial charge in [0.2, 0.25) is 5.91 Å². The van der Waals surface area contributed by atoms with Gasteiger partial charge in [0, 0.05) is 36.3 Å². The molecule has 0 radical (unpaired) electrons. The maximum absolute atomic E-state index is 13.1. The van der Waals surface area contributed by atoms with E-state index in [-0.39, 0.29) is 56.6 Å². The Bertz CT molecular complexity index is 1100. The maximum atomic E-state index is 13.1. The Morgan fingerprint density at radius 3 is 2.07 bits per heavy atom. The lowest BCUT2D eigenvalue weighted by Gasteiger charge is -2.34. The van der Waals surface area contributed by atoms with Crippen molar-refractivity contribution in [3.63, 3.8) is 0 Å². The van der Waals surface area contributed by atoms with Crippen LogP contribution in [0.5, 0.6) is 0 Å². The lowest BCUT2D eigenvalue weighted by molar-refractivity contribution is -0.122. The Kier molecular flexibility index (Phi) is 19.9. The van der Waals surface area contributed by atoms with Crippen molar-refractivity contribution in [2.45, 2.75) is 43.9 Å².